The van der Waals surface area contributed by atoms with E-state index in [0.29, 0.717) is 5.69 Å². The molecule has 0 saturated heterocycles. The molecular weight excluding hydrogens is 316 g/mol. The normalized spacial score (nSPS) is 11.7. The van der Waals surface area contributed by atoms with Gasteiger partial charge in [-0.3, -0.25) is 9.48 Å². The summed E-state index contributed by atoms with van der Waals surface area (Å²) >= 11 is 0. The van der Waals surface area contributed by atoms with E-state index in [1.807, 2.05) is 13.8 Å². The van der Waals surface area contributed by atoms with E-state index in [0.717, 1.165) is 11.3 Å². The number of sulfonamides is 1. The molecule has 7 nitrogen and oxygen atoms in total. The Morgan fingerprint density at radius 2 is 1.91 bits per heavy atom. The van der Waals surface area contributed by atoms with Crippen molar-refractivity contribution < 1.29 is 13.2 Å². The number of aryl methyl sites for hydroxylation is 1. The molecule has 0 aliphatic heterocycles. The van der Waals surface area contributed by atoms with Crippen molar-refractivity contribution >= 4 is 15.9 Å². The van der Waals surface area contributed by atoms with E-state index in [9.17, 15) is 13.2 Å². The zero-order valence-corrected chi connectivity index (χ0v) is 14.1. The Kier molecular flexibility index (Phi) is 4.86. The van der Waals surface area contributed by atoms with E-state index in [2.05, 4.69) is 10.4 Å². The lowest BCUT2D eigenvalue weighted by Gasteiger charge is -2.04. The maximum Gasteiger partial charge on any atom is 0.272 e. The van der Waals surface area contributed by atoms with Gasteiger partial charge in [-0.1, -0.05) is 26.0 Å². The number of nitrogens with two attached hydrogens (primary N) is 1. The second-order valence-electron chi connectivity index (χ2n) is 5.60. The number of carbonyl (C=O) groups is 1. The SMILES string of the molecule is CC(C)c1cc(C(=O)NCc2ccc(S(N)(=O)=O)cc2)nn1C. The highest BCUT2D eigenvalue weighted by molar-refractivity contribution is 7.89. The van der Waals surface area contributed by atoms with Crippen LogP contribution in [0.4, 0.5) is 0 Å². The molecule has 0 fully saturated rings. The number of amides is 1. The third-order valence-electron chi connectivity index (χ3n) is 3.45. The maximum absolute atomic E-state index is 12.1. The zero-order valence-electron chi connectivity index (χ0n) is 13.3. The number of rotatable bonds is 5. The maximum atomic E-state index is 12.1. The molecule has 0 saturated carbocycles. The first-order valence-corrected chi connectivity index (χ1v) is 8.67. The Bertz CT molecular complexity index is 808. The van der Waals surface area contributed by atoms with E-state index in [1.165, 1.54) is 12.1 Å². The van der Waals surface area contributed by atoms with Crippen LogP contribution in [0.3, 0.4) is 0 Å². The molecule has 0 aliphatic rings. The number of benzene rings is 1. The molecule has 2 aromatic rings. The topological polar surface area (TPSA) is 107 Å². The van der Waals surface area contributed by atoms with Crippen LogP contribution in [0.15, 0.2) is 35.2 Å². The van der Waals surface area contributed by atoms with Crippen LogP contribution in [0, 0.1) is 0 Å². The van der Waals surface area contributed by atoms with Gasteiger partial charge in [-0.2, -0.15) is 5.10 Å². The Balaban J connectivity index is 2.03. The molecule has 0 unspecified atom stereocenters. The minimum absolute atomic E-state index is 0.0406. The summed E-state index contributed by atoms with van der Waals surface area (Å²) < 4.78 is 24.1. The van der Waals surface area contributed by atoms with Gasteiger partial charge in [-0.25, -0.2) is 13.6 Å². The number of hydrogen-bond donors (Lipinski definition) is 2. The fourth-order valence-corrected chi connectivity index (χ4v) is 2.72. The summed E-state index contributed by atoms with van der Waals surface area (Å²) in [4.78, 5) is 12.2. The van der Waals surface area contributed by atoms with Crippen LogP contribution >= 0.6 is 0 Å². The van der Waals surface area contributed by atoms with Gasteiger partial charge in [0.15, 0.2) is 0 Å². The summed E-state index contributed by atoms with van der Waals surface area (Å²) in [6.07, 6.45) is 0. The fourth-order valence-electron chi connectivity index (χ4n) is 2.20. The highest BCUT2D eigenvalue weighted by atomic mass is 32.2. The standard InChI is InChI=1S/C15H20N4O3S/c1-10(2)14-8-13(18-19(14)3)15(20)17-9-11-4-6-12(7-5-11)23(16,21)22/h4-8,10H,9H2,1-3H3,(H,17,20)(H2,16,21,22). The summed E-state index contributed by atoms with van der Waals surface area (Å²) in [6.45, 7) is 4.34. The van der Waals surface area contributed by atoms with Crippen molar-refractivity contribution in [3.05, 3.63) is 47.3 Å². The summed E-state index contributed by atoms with van der Waals surface area (Å²) in [7, 11) is -1.90. The van der Waals surface area contributed by atoms with Gasteiger partial charge in [0.05, 0.1) is 4.90 Å². The third kappa shape index (κ3) is 4.17. The number of nitrogens with one attached hydrogen (secondary N) is 1. The number of aromatic nitrogens is 2. The van der Waals surface area contributed by atoms with E-state index >= 15 is 0 Å². The average Bonchev–Trinajstić information content (AvgIpc) is 2.86. The predicted molar refractivity (Wildman–Crippen MR) is 86.3 cm³/mol. The van der Waals surface area contributed by atoms with Crippen molar-refractivity contribution in [3.63, 3.8) is 0 Å². The highest BCUT2D eigenvalue weighted by Crippen LogP contribution is 2.15. The van der Waals surface area contributed by atoms with E-state index in [-0.39, 0.29) is 23.3 Å². The lowest BCUT2D eigenvalue weighted by atomic mass is 10.1. The molecule has 0 bridgehead atoms. The first-order chi connectivity index (χ1) is 10.7. The molecule has 8 heteroatoms. The van der Waals surface area contributed by atoms with Gasteiger partial charge >= 0.3 is 0 Å². The first kappa shape index (κ1) is 17.2. The van der Waals surface area contributed by atoms with Crippen LogP contribution in [-0.2, 0) is 23.6 Å². The minimum atomic E-state index is -3.70. The van der Waals surface area contributed by atoms with Crippen molar-refractivity contribution in [2.75, 3.05) is 0 Å². The fraction of sp³-hybridized carbons (Fsp3) is 0.333. The summed E-state index contributed by atoms with van der Waals surface area (Å²) in [5.41, 5.74) is 2.11. The van der Waals surface area contributed by atoms with Crippen LogP contribution in [0.25, 0.3) is 0 Å². The second-order valence-corrected chi connectivity index (χ2v) is 7.17. The molecule has 0 spiro atoms. The van der Waals surface area contributed by atoms with Gasteiger partial charge in [-0.15, -0.1) is 0 Å². The molecule has 2 rings (SSSR count). The van der Waals surface area contributed by atoms with Crippen molar-refractivity contribution in [2.45, 2.75) is 31.2 Å². The van der Waals surface area contributed by atoms with Crippen LogP contribution in [0.5, 0.6) is 0 Å². The monoisotopic (exact) mass is 336 g/mol. The molecule has 0 atom stereocenters. The molecular formula is C15H20N4O3S. The Hall–Kier alpha value is -2.19. The molecule has 0 aliphatic carbocycles. The molecule has 1 heterocycles. The van der Waals surface area contributed by atoms with Crippen LogP contribution < -0.4 is 10.5 Å². The lowest BCUT2D eigenvalue weighted by molar-refractivity contribution is 0.0945. The molecule has 0 radical (unpaired) electrons. The van der Waals surface area contributed by atoms with Crippen LogP contribution in [-0.4, -0.2) is 24.1 Å². The number of primary sulfonamides is 1. The molecule has 23 heavy (non-hydrogen) atoms. The summed E-state index contributed by atoms with van der Waals surface area (Å²) in [5.74, 6) is 0.00262. The van der Waals surface area contributed by atoms with Gasteiger partial charge in [0, 0.05) is 19.3 Å². The van der Waals surface area contributed by atoms with Crippen molar-refractivity contribution in [2.24, 2.45) is 12.2 Å². The Labute approximate surface area is 135 Å². The first-order valence-electron chi connectivity index (χ1n) is 7.12. The quantitative estimate of drug-likeness (QED) is 0.853. The second kappa shape index (κ2) is 6.51. The van der Waals surface area contributed by atoms with Crippen LogP contribution in [0.2, 0.25) is 0 Å². The average molecular weight is 336 g/mol. The highest BCUT2D eigenvalue weighted by Gasteiger charge is 2.14. The van der Waals surface area contributed by atoms with Crippen molar-refractivity contribution in [1.29, 1.82) is 0 Å². The van der Waals surface area contributed by atoms with E-state index in [4.69, 9.17) is 5.14 Å². The summed E-state index contributed by atoms with van der Waals surface area (Å²) in [5, 5.41) is 12.0. The van der Waals surface area contributed by atoms with Crippen LogP contribution in [0.1, 0.15) is 41.5 Å². The molecule has 1 aromatic carbocycles. The largest absolute Gasteiger partial charge is 0.347 e. The molecule has 1 aromatic heterocycles. The summed E-state index contributed by atoms with van der Waals surface area (Å²) in [6, 6.07) is 7.81. The van der Waals surface area contributed by atoms with Gasteiger partial charge in [0.1, 0.15) is 5.69 Å². The minimum Gasteiger partial charge on any atom is -0.347 e. The third-order valence-corrected chi connectivity index (χ3v) is 4.37. The number of hydrogen-bond acceptors (Lipinski definition) is 4. The van der Waals surface area contributed by atoms with Gasteiger partial charge in [0.2, 0.25) is 10.0 Å². The molecule has 1 amide bonds. The van der Waals surface area contributed by atoms with E-state index < -0.39 is 10.0 Å². The van der Waals surface area contributed by atoms with Gasteiger partial charge in [0.25, 0.3) is 5.91 Å². The molecule has 124 valence electrons. The Morgan fingerprint density at radius 1 is 1.30 bits per heavy atom. The number of nitrogens with zero attached hydrogens (tertiary/aromatic N) is 2. The number of carbonyl (C=O) groups excluding carboxylic acids is 1. The molecule has 3 N–H and O–H groups in total. The zero-order chi connectivity index (χ0) is 17.2. The van der Waals surface area contributed by atoms with Gasteiger partial charge in [-0.05, 0) is 29.7 Å². The van der Waals surface area contributed by atoms with Crippen molar-refractivity contribution in [3.8, 4) is 0 Å². The Morgan fingerprint density at radius 3 is 2.39 bits per heavy atom. The van der Waals surface area contributed by atoms with E-state index in [1.54, 1.807) is 29.9 Å². The smallest absolute Gasteiger partial charge is 0.272 e. The van der Waals surface area contributed by atoms with Crippen molar-refractivity contribution in [1.82, 2.24) is 15.1 Å². The lowest BCUT2D eigenvalue weighted by Crippen LogP contribution is -2.23. The predicted octanol–water partition coefficient (Wildman–Crippen LogP) is 1.12. The van der Waals surface area contributed by atoms with Gasteiger partial charge < -0.3 is 5.32 Å².